The van der Waals surface area contributed by atoms with Crippen molar-refractivity contribution < 1.29 is 14.6 Å². The first-order chi connectivity index (χ1) is 16.5. The zero-order valence-corrected chi connectivity index (χ0v) is 19.3. The lowest BCUT2D eigenvalue weighted by Gasteiger charge is -2.19. The van der Waals surface area contributed by atoms with E-state index in [0.29, 0.717) is 17.0 Å². The van der Waals surface area contributed by atoms with Gasteiger partial charge in [0.2, 0.25) is 11.8 Å². The van der Waals surface area contributed by atoms with E-state index in [1.807, 2.05) is 6.20 Å². The van der Waals surface area contributed by atoms with Crippen molar-refractivity contribution in [1.82, 2.24) is 24.3 Å². The molecular weight excluding hydrogens is 454 g/mol. The standard InChI is InChI=1S/C24H23N5O4S/c1-33-17-7-5-15(6-8-17)18(21-22(31)27-19-4-2-3-9-29(19)23(21)32)12-20(30)25-13-16-14-28-10-11-34-24(28)26-16/h2-9,14,18,31H,10-13H2,1H3,(H,25,30). The maximum Gasteiger partial charge on any atom is 0.265 e. The molecule has 0 fully saturated rings. The Hall–Kier alpha value is -3.79. The van der Waals surface area contributed by atoms with Gasteiger partial charge in [-0.05, 0) is 29.8 Å². The lowest BCUT2D eigenvalue weighted by Crippen LogP contribution is -2.28. The van der Waals surface area contributed by atoms with Crippen molar-refractivity contribution in [2.24, 2.45) is 0 Å². The molecule has 0 aliphatic carbocycles. The van der Waals surface area contributed by atoms with E-state index in [4.69, 9.17) is 4.74 Å². The van der Waals surface area contributed by atoms with Gasteiger partial charge in [0, 0.05) is 37.0 Å². The van der Waals surface area contributed by atoms with Crippen molar-refractivity contribution in [3.8, 4) is 11.6 Å². The van der Waals surface area contributed by atoms with Gasteiger partial charge in [-0.1, -0.05) is 30.0 Å². The lowest BCUT2D eigenvalue weighted by atomic mass is 9.89. The Morgan fingerprint density at radius 2 is 2.06 bits per heavy atom. The highest BCUT2D eigenvalue weighted by molar-refractivity contribution is 7.99. The molecule has 1 unspecified atom stereocenters. The molecule has 0 spiro atoms. The Balaban J connectivity index is 1.45. The van der Waals surface area contributed by atoms with Crippen LogP contribution in [-0.4, -0.2) is 42.8 Å². The van der Waals surface area contributed by atoms with Crippen molar-refractivity contribution in [1.29, 1.82) is 0 Å². The first-order valence-electron chi connectivity index (χ1n) is 10.8. The summed E-state index contributed by atoms with van der Waals surface area (Å²) in [5.41, 5.74) is 1.46. The van der Waals surface area contributed by atoms with Crippen LogP contribution in [0.15, 0.2) is 64.8 Å². The topological polar surface area (TPSA) is 111 Å². The number of nitrogens with zero attached hydrogens (tertiary/aromatic N) is 4. The van der Waals surface area contributed by atoms with Crippen LogP contribution in [0.3, 0.4) is 0 Å². The van der Waals surface area contributed by atoms with Crippen LogP contribution in [0, 0.1) is 0 Å². The highest BCUT2D eigenvalue weighted by Gasteiger charge is 2.27. The Morgan fingerprint density at radius 1 is 1.24 bits per heavy atom. The van der Waals surface area contributed by atoms with Gasteiger partial charge < -0.3 is 19.7 Å². The van der Waals surface area contributed by atoms with Crippen molar-refractivity contribution in [3.05, 3.63) is 82.0 Å². The molecule has 4 heterocycles. The number of carbonyl (C=O) groups excluding carboxylic acids is 1. The van der Waals surface area contributed by atoms with E-state index in [2.05, 4.69) is 19.9 Å². The van der Waals surface area contributed by atoms with Crippen LogP contribution in [0.2, 0.25) is 0 Å². The molecule has 1 aromatic carbocycles. The van der Waals surface area contributed by atoms with Gasteiger partial charge in [0.05, 0.1) is 24.9 Å². The normalized spacial score (nSPS) is 13.6. The summed E-state index contributed by atoms with van der Waals surface area (Å²) in [6, 6.07) is 12.2. The number of thioether (sulfide) groups is 1. The molecule has 0 bridgehead atoms. The molecule has 9 nitrogen and oxygen atoms in total. The number of hydrogen-bond acceptors (Lipinski definition) is 7. The molecule has 174 valence electrons. The second-order valence-corrected chi connectivity index (χ2v) is 9.01. The molecule has 1 atom stereocenters. The smallest absolute Gasteiger partial charge is 0.265 e. The molecule has 1 aliphatic rings. The van der Waals surface area contributed by atoms with Crippen molar-refractivity contribution in [2.75, 3.05) is 12.9 Å². The van der Waals surface area contributed by atoms with Crippen LogP contribution in [0.1, 0.15) is 29.2 Å². The lowest BCUT2D eigenvalue weighted by molar-refractivity contribution is -0.121. The molecule has 1 aliphatic heterocycles. The molecule has 0 saturated heterocycles. The van der Waals surface area contributed by atoms with Crippen LogP contribution in [0.5, 0.6) is 11.6 Å². The summed E-state index contributed by atoms with van der Waals surface area (Å²) in [7, 11) is 1.57. The predicted molar refractivity (Wildman–Crippen MR) is 127 cm³/mol. The van der Waals surface area contributed by atoms with Crippen LogP contribution in [0.4, 0.5) is 0 Å². The van der Waals surface area contributed by atoms with E-state index < -0.39 is 11.5 Å². The number of pyridine rings is 1. The minimum absolute atomic E-state index is 0.0436. The zero-order valence-electron chi connectivity index (χ0n) is 18.5. The van der Waals surface area contributed by atoms with Gasteiger partial charge in [0.25, 0.3) is 5.56 Å². The Bertz CT molecular complexity index is 1390. The van der Waals surface area contributed by atoms with Gasteiger partial charge in [0.15, 0.2) is 5.16 Å². The molecule has 5 rings (SSSR count). The third-order valence-corrected chi connectivity index (χ3v) is 6.80. The SMILES string of the molecule is COc1ccc(C(CC(=O)NCc2cn3c(n2)SCC3)c2c(O)nc3ccccn3c2=O)cc1. The number of aromatic hydroxyl groups is 1. The molecule has 4 aromatic rings. The Morgan fingerprint density at radius 3 is 2.82 bits per heavy atom. The molecule has 10 heteroatoms. The molecule has 3 aromatic heterocycles. The van der Waals surface area contributed by atoms with Crippen molar-refractivity contribution >= 4 is 23.3 Å². The van der Waals surface area contributed by atoms with Crippen LogP contribution in [0.25, 0.3) is 5.65 Å². The second kappa shape index (κ2) is 9.22. The number of benzene rings is 1. The van der Waals surface area contributed by atoms with Gasteiger partial charge >= 0.3 is 0 Å². The van der Waals surface area contributed by atoms with Crippen LogP contribution < -0.4 is 15.6 Å². The number of ether oxygens (including phenoxy) is 1. The fourth-order valence-corrected chi connectivity index (χ4v) is 5.07. The number of nitrogens with one attached hydrogen (secondary N) is 1. The van der Waals surface area contributed by atoms with E-state index in [9.17, 15) is 14.7 Å². The van der Waals surface area contributed by atoms with E-state index >= 15 is 0 Å². The van der Waals surface area contributed by atoms with Gasteiger partial charge in [0.1, 0.15) is 11.4 Å². The van der Waals surface area contributed by atoms with Gasteiger partial charge in [-0.2, -0.15) is 4.98 Å². The highest BCUT2D eigenvalue weighted by atomic mass is 32.2. The first kappa shape index (κ1) is 22.0. The number of aryl methyl sites for hydroxylation is 1. The number of rotatable bonds is 7. The maximum atomic E-state index is 13.3. The molecular formula is C24H23N5O4S. The highest BCUT2D eigenvalue weighted by Crippen LogP contribution is 2.32. The molecule has 2 N–H and O–H groups in total. The third kappa shape index (κ3) is 4.24. The average Bonchev–Trinajstić information content (AvgIpc) is 3.44. The summed E-state index contributed by atoms with van der Waals surface area (Å²) in [4.78, 5) is 35.0. The number of fused-ring (bicyclic) bond motifs is 2. The number of aromatic nitrogens is 4. The zero-order chi connectivity index (χ0) is 23.7. The van der Waals surface area contributed by atoms with Crippen LogP contribution >= 0.6 is 11.8 Å². The summed E-state index contributed by atoms with van der Waals surface area (Å²) >= 11 is 1.69. The maximum absolute atomic E-state index is 13.3. The number of hydrogen-bond donors (Lipinski definition) is 2. The third-order valence-electron chi connectivity index (χ3n) is 5.82. The van der Waals surface area contributed by atoms with Gasteiger partial charge in [-0.3, -0.25) is 14.0 Å². The van der Waals surface area contributed by atoms with E-state index in [-0.39, 0.29) is 30.3 Å². The monoisotopic (exact) mass is 477 g/mol. The minimum Gasteiger partial charge on any atom is -0.497 e. The Kier molecular flexibility index (Phi) is 5.97. The summed E-state index contributed by atoms with van der Waals surface area (Å²) in [5.74, 6) is 0.309. The largest absolute Gasteiger partial charge is 0.497 e. The van der Waals surface area contributed by atoms with Gasteiger partial charge in [-0.25, -0.2) is 4.98 Å². The first-order valence-corrected chi connectivity index (χ1v) is 11.8. The van der Waals surface area contributed by atoms with E-state index in [1.165, 1.54) is 4.40 Å². The quantitative estimate of drug-likeness (QED) is 0.421. The fraction of sp³-hybridized carbons (Fsp3) is 0.250. The number of methoxy groups -OCH3 is 1. The summed E-state index contributed by atoms with van der Waals surface area (Å²) in [6.45, 7) is 1.20. The molecule has 1 amide bonds. The number of carbonyl (C=O) groups is 1. The van der Waals surface area contributed by atoms with Crippen molar-refractivity contribution in [2.45, 2.75) is 30.6 Å². The summed E-state index contributed by atoms with van der Waals surface area (Å²) < 4.78 is 8.68. The number of imidazole rings is 1. The summed E-state index contributed by atoms with van der Waals surface area (Å²) in [6.07, 6.45) is 3.49. The average molecular weight is 478 g/mol. The predicted octanol–water partition coefficient (Wildman–Crippen LogP) is 2.55. The molecule has 34 heavy (non-hydrogen) atoms. The minimum atomic E-state index is -0.703. The van der Waals surface area contributed by atoms with Crippen molar-refractivity contribution in [3.63, 3.8) is 0 Å². The van der Waals surface area contributed by atoms with Crippen LogP contribution in [-0.2, 0) is 17.9 Å². The Labute approximate surface area is 199 Å². The van der Waals surface area contributed by atoms with E-state index in [1.54, 1.807) is 67.5 Å². The summed E-state index contributed by atoms with van der Waals surface area (Å²) in [5, 5.41) is 14.6. The second-order valence-electron chi connectivity index (χ2n) is 7.95. The molecule has 0 radical (unpaired) electrons. The molecule has 0 saturated carbocycles. The number of amides is 1. The fourth-order valence-electron chi connectivity index (χ4n) is 4.11. The van der Waals surface area contributed by atoms with Gasteiger partial charge in [-0.15, -0.1) is 0 Å². The van der Waals surface area contributed by atoms with E-state index in [0.717, 1.165) is 23.1 Å².